The molecule has 1 amide bonds. The molecule has 0 saturated heterocycles. The van der Waals surface area contributed by atoms with Crippen molar-refractivity contribution in [2.24, 2.45) is 5.92 Å². The zero-order chi connectivity index (χ0) is 12.8. The topological polar surface area (TPSA) is 61.4 Å². The molecule has 1 atom stereocenters. The lowest BCUT2D eigenvalue weighted by Gasteiger charge is -2.13. The first-order valence-electron chi connectivity index (χ1n) is 5.85. The van der Waals surface area contributed by atoms with Crippen LogP contribution in [0.5, 0.6) is 5.75 Å². The second-order valence-electron chi connectivity index (χ2n) is 4.15. The number of rotatable bonds is 5. The number of anilines is 1. The summed E-state index contributed by atoms with van der Waals surface area (Å²) in [5, 5.41) is 15.3. The molecule has 0 aromatic heterocycles. The number of hydrogen-bond acceptors (Lipinski definition) is 3. The average molecular weight is 236 g/mol. The van der Waals surface area contributed by atoms with Crippen molar-refractivity contribution in [2.45, 2.75) is 20.3 Å². The van der Waals surface area contributed by atoms with E-state index in [-0.39, 0.29) is 17.6 Å². The number of aryl methyl sites for hydroxylation is 1. The summed E-state index contributed by atoms with van der Waals surface area (Å²) in [6.07, 6.45) is 0.870. The quantitative estimate of drug-likeness (QED) is 0.682. The van der Waals surface area contributed by atoms with Gasteiger partial charge >= 0.3 is 0 Å². The highest BCUT2D eigenvalue weighted by molar-refractivity contribution is 5.93. The van der Waals surface area contributed by atoms with Crippen LogP contribution in [0.25, 0.3) is 0 Å². The minimum Gasteiger partial charge on any atom is -0.506 e. The second-order valence-corrected chi connectivity index (χ2v) is 4.15. The summed E-state index contributed by atoms with van der Waals surface area (Å²) in [6.45, 7) is 4.48. The highest BCUT2D eigenvalue weighted by Crippen LogP contribution is 2.24. The molecule has 4 heteroatoms. The molecule has 0 bridgehead atoms. The van der Waals surface area contributed by atoms with E-state index in [1.165, 1.54) is 0 Å². The first kappa shape index (κ1) is 13.5. The van der Waals surface area contributed by atoms with Crippen LogP contribution < -0.4 is 10.6 Å². The number of amides is 1. The summed E-state index contributed by atoms with van der Waals surface area (Å²) < 4.78 is 0. The zero-order valence-electron chi connectivity index (χ0n) is 10.6. The van der Waals surface area contributed by atoms with Gasteiger partial charge in [-0.2, -0.15) is 0 Å². The molecule has 17 heavy (non-hydrogen) atoms. The third kappa shape index (κ3) is 3.75. The fourth-order valence-electron chi connectivity index (χ4n) is 1.56. The second kappa shape index (κ2) is 6.25. The van der Waals surface area contributed by atoms with Gasteiger partial charge in [0.25, 0.3) is 0 Å². The maximum absolute atomic E-state index is 11.8. The Kier molecular flexibility index (Phi) is 4.97. The molecular weight excluding hydrogens is 216 g/mol. The van der Waals surface area contributed by atoms with E-state index in [2.05, 4.69) is 10.6 Å². The van der Waals surface area contributed by atoms with Crippen molar-refractivity contribution >= 4 is 11.6 Å². The van der Waals surface area contributed by atoms with Crippen molar-refractivity contribution in [3.8, 4) is 5.75 Å². The Morgan fingerprint density at radius 2 is 2.18 bits per heavy atom. The molecule has 0 aliphatic heterocycles. The monoisotopic (exact) mass is 236 g/mol. The van der Waals surface area contributed by atoms with Crippen LogP contribution in [-0.2, 0) is 11.2 Å². The summed E-state index contributed by atoms with van der Waals surface area (Å²) in [7, 11) is 1.80. The smallest absolute Gasteiger partial charge is 0.228 e. The Hall–Kier alpha value is -1.55. The molecular formula is C13H20N2O2. The predicted molar refractivity (Wildman–Crippen MR) is 69.2 cm³/mol. The Labute approximate surface area is 102 Å². The van der Waals surface area contributed by atoms with Gasteiger partial charge in [-0.25, -0.2) is 0 Å². The van der Waals surface area contributed by atoms with Crippen LogP contribution in [0.15, 0.2) is 18.2 Å². The van der Waals surface area contributed by atoms with Crippen LogP contribution in [0.4, 0.5) is 5.69 Å². The predicted octanol–water partition coefficient (Wildman–Crippen LogP) is 1.75. The van der Waals surface area contributed by atoms with Crippen molar-refractivity contribution < 1.29 is 9.90 Å². The van der Waals surface area contributed by atoms with Crippen molar-refractivity contribution in [3.63, 3.8) is 0 Å². The van der Waals surface area contributed by atoms with E-state index in [9.17, 15) is 9.90 Å². The van der Waals surface area contributed by atoms with Gasteiger partial charge in [0.1, 0.15) is 5.75 Å². The average Bonchev–Trinajstić information content (AvgIpc) is 2.32. The molecule has 1 rings (SSSR count). The van der Waals surface area contributed by atoms with Gasteiger partial charge in [0.2, 0.25) is 5.91 Å². The number of benzene rings is 1. The number of aromatic hydroxyl groups is 1. The van der Waals surface area contributed by atoms with Crippen LogP contribution in [-0.4, -0.2) is 24.6 Å². The van der Waals surface area contributed by atoms with Crippen molar-refractivity contribution in [3.05, 3.63) is 23.8 Å². The fourth-order valence-corrected chi connectivity index (χ4v) is 1.56. The lowest BCUT2D eigenvalue weighted by molar-refractivity contribution is -0.119. The summed E-state index contributed by atoms with van der Waals surface area (Å²) in [5.41, 5.74) is 1.57. The van der Waals surface area contributed by atoms with E-state index < -0.39 is 0 Å². The van der Waals surface area contributed by atoms with Gasteiger partial charge in [0, 0.05) is 12.5 Å². The van der Waals surface area contributed by atoms with E-state index in [4.69, 9.17) is 0 Å². The SMILES string of the molecule is CCc1ccc(O)c(NC(=O)C(C)CNC)c1. The lowest BCUT2D eigenvalue weighted by atomic mass is 10.1. The Morgan fingerprint density at radius 1 is 1.47 bits per heavy atom. The maximum atomic E-state index is 11.8. The van der Waals surface area contributed by atoms with E-state index in [1.54, 1.807) is 19.2 Å². The Balaban J connectivity index is 2.76. The van der Waals surface area contributed by atoms with E-state index in [0.717, 1.165) is 12.0 Å². The first-order chi connectivity index (χ1) is 8.08. The number of carbonyl (C=O) groups excluding carboxylic acids is 1. The standard InChI is InChI=1S/C13H20N2O2/c1-4-10-5-6-12(16)11(7-10)15-13(17)9(2)8-14-3/h5-7,9,14,16H,4,8H2,1-3H3,(H,15,17). The van der Waals surface area contributed by atoms with Gasteiger partial charge in [0.15, 0.2) is 0 Å². The van der Waals surface area contributed by atoms with Gasteiger partial charge in [-0.05, 0) is 31.2 Å². The zero-order valence-corrected chi connectivity index (χ0v) is 10.6. The maximum Gasteiger partial charge on any atom is 0.228 e. The lowest BCUT2D eigenvalue weighted by Crippen LogP contribution is -2.28. The molecule has 0 spiro atoms. The molecule has 0 fully saturated rings. The Bertz CT molecular complexity index is 391. The number of phenolic OH excluding ortho intramolecular Hbond substituents is 1. The molecule has 0 aliphatic rings. The summed E-state index contributed by atoms with van der Waals surface area (Å²) in [6, 6.07) is 5.26. The van der Waals surface area contributed by atoms with Crippen LogP contribution in [0.3, 0.4) is 0 Å². The molecule has 94 valence electrons. The minimum atomic E-state index is -0.135. The van der Waals surface area contributed by atoms with E-state index in [0.29, 0.717) is 12.2 Å². The molecule has 3 N–H and O–H groups in total. The van der Waals surface area contributed by atoms with Gasteiger partial charge in [-0.15, -0.1) is 0 Å². The number of nitrogens with one attached hydrogen (secondary N) is 2. The highest BCUT2D eigenvalue weighted by Gasteiger charge is 2.13. The van der Waals surface area contributed by atoms with Crippen molar-refractivity contribution in [1.29, 1.82) is 0 Å². The van der Waals surface area contributed by atoms with Gasteiger partial charge in [0.05, 0.1) is 5.69 Å². The minimum absolute atomic E-state index is 0.0945. The Morgan fingerprint density at radius 3 is 2.76 bits per heavy atom. The molecule has 1 aromatic rings. The fraction of sp³-hybridized carbons (Fsp3) is 0.462. The number of hydrogen-bond donors (Lipinski definition) is 3. The van der Waals surface area contributed by atoms with Crippen molar-refractivity contribution in [1.82, 2.24) is 5.32 Å². The molecule has 0 aliphatic carbocycles. The number of carbonyl (C=O) groups is 1. The molecule has 0 heterocycles. The van der Waals surface area contributed by atoms with Gasteiger partial charge in [-0.3, -0.25) is 4.79 Å². The van der Waals surface area contributed by atoms with Crippen LogP contribution in [0, 0.1) is 5.92 Å². The first-order valence-corrected chi connectivity index (χ1v) is 5.85. The molecule has 0 radical (unpaired) electrons. The molecule has 1 aromatic carbocycles. The van der Waals surface area contributed by atoms with Crippen LogP contribution in [0.1, 0.15) is 19.4 Å². The largest absolute Gasteiger partial charge is 0.506 e. The number of phenols is 1. The highest BCUT2D eigenvalue weighted by atomic mass is 16.3. The molecule has 0 saturated carbocycles. The molecule has 1 unspecified atom stereocenters. The van der Waals surface area contributed by atoms with E-state index in [1.807, 2.05) is 19.9 Å². The summed E-state index contributed by atoms with van der Waals surface area (Å²) in [5.74, 6) is -0.125. The summed E-state index contributed by atoms with van der Waals surface area (Å²) in [4.78, 5) is 11.8. The summed E-state index contributed by atoms with van der Waals surface area (Å²) >= 11 is 0. The van der Waals surface area contributed by atoms with E-state index >= 15 is 0 Å². The third-order valence-electron chi connectivity index (χ3n) is 2.68. The van der Waals surface area contributed by atoms with Gasteiger partial charge in [-0.1, -0.05) is 19.9 Å². The third-order valence-corrected chi connectivity index (χ3v) is 2.68. The van der Waals surface area contributed by atoms with Crippen molar-refractivity contribution in [2.75, 3.05) is 18.9 Å². The van der Waals surface area contributed by atoms with Crippen LogP contribution in [0.2, 0.25) is 0 Å². The van der Waals surface area contributed by atoms with Gasteiger partial charge < -0.3 is 15.7 Å². The normalized spacial score (nSPS) is 12.2. The van der Waals surface area contributed by atoms with Crippen LogP contribution >= 0.6 is 0 Å². The molecule has 4 nitrogen and oxygen atoms in total.